The van der Waals surface area contributed by atoms with Crippen molar-refractivity contribution >= 4 is 9.84 Å². The van der Waals surface area contributed by atoms with Crippen LogP contribution in [0.4, 0.5) is 0 Å². The lowest BCUT2D eigenvalue weighted by Gasteiger charge is -2.31. The lowest BCUT2D eigenvalue weighted by Crippen LogP contribution is -2.34. The van der Waals surface area contributed by atoms with Crippen LogP contribution in [0.1, 0.15) is 60.8 Å². The van der Waals surface area contributed by atoms with Gasteiger partial charge in [-0.05, 0) is 37.1 Å². The fourth-order valence-electron chi connectivity index (χ4n) is 2.07. The van der Waals surface area contributed by atoms with Gasteiger partial charge in [-0.1, -0.05) is 41.5 Å². The first kappa shape index (κ1) is 18.9. The largest absolute Gasteiger partial charge is 0.314 e. The molecule has 19 heavy (non-hydrogen) atoms. The van der Waals surface area contributed by atoms with Crippen LogP contribution < -0.4 is 5.32 Å². The molecule has 4 heteroatoms. The summed E-state index contributed by atoms with van der Waals surface area (Å²) in [5, 5.41) is 3.50. The predicted molar refractivity (Wildman–Crippen MR) is 84.3 cm³/mol. The second-order valence-electron chi connectivity index (χ2n) is 6.64. The number of rotatable bonds is 9. The zero-order valence-electron chi connectivity index (χ0n) is 13.6. The summed E-state index contributed by atoms with van der Waals surface area (Å²) in [6.07, 6.45) is 2.84. The van der Waals surface area contributed by atoms with Gasteiger partial charge in [-0.15, -0.1) is 0 Å². The molecule has 3 nitrogen and oxygen atoms in total. The first-order chi connectivity index (χ1) is 8.62. The van der Waals surface area contributed by atoms with Crippen LogP contribution in [0.5, 0.6) is 0 Å². The van der Waals surface area contributed by atoms with Crippen molar-refractivity contribution in [3.63, 3.8) is 0 Å². The van der Waals surface area contributed by atoms with Crippen molar-refractivity contribution in [3.05, 3.63) is 0 Å². The standard InChI is InChI=1S/C15H33NO2S/c1-7-16-14(12-13(3)15(4,5)6)10-9-11-19(17,18)8-2/h13-14,16H,7-12H2,1-6H3. The molecular weight excluding hydrogens is 258 g/mol. The zero-order valence-corrected chi connectivity index (χ0v) is 14.4. The van der Waals surface area contributed by atoms with Crippen molar-refractivity contribution in [3.8, 4) is 0 Å². The average molecular weight is 292 g/mol. The van der Waals surface area contributed by atoms with Crippen molar-refractivity contribution < 1.29 is 8.42 Å². The van der Waals surface area contributed by atoms with Crippen LogP contribution in [0.15, 0.2) is 0 Å². The number of sulfone groups is 1. The van der Waals surface area contributed by atoms with Gasteiger partial charge in [0.05, 0.1) is 5.75 Å². The molecule has 116 valence electrons. The molecule has 0 aliphatic heterocycles. The van der Waals surface area contributed by atoms with Crippen LogP contribution in [0.3, 0.4) is 0 Å². The van der Waals surface area contributed by atoms with E-state index in [2.05, 4.69) is 39.9 Å². The minimum Gasteiger partial charge on any atom is -0.314 e. The Kier molecular flexibility index (Phi) is 8.21. The van der Waals surface area contributed by atoms with Gasteiger partial charge in [0.15, 0.2) is 0 Å². The van der Waals surface area contributed by atoms with Gasteiger partial charge in [0.1, 0.15) is 9.84 Å². The summed E-state index contributed by atoms with van der Waals surface area (Å²) in [4.78, 5) is 0. The van der Waals surface area contributed by atoms with Gasteiger partial charge in [-0.25, -0.2) is 8.42 Å². The molecule has 0 aromatic rings. The van der Waals surface area contributed by atoms with E-state index in [9.17, 15) is 8.42 Å². The van der Waals surface area contributed by atoms with Crippen molar-refractivity contribution in [2.75, 3.05) is 18.1 Å². The van der Waals surface area contributed by atoms with E-state index in [1.54, 1.807) is 6.92 Å². The molecule has 0 saturated carbocycles. The normalized spacial score (nSPS) is 16.3. The summed E-state index contributed by atoms with van der Waals surface area (Å²) < 4.78 is 23.0. The van der Waals surface area contributed by atoms with E-state index in [4.69, 9.17) is 0 Å². The molecule has 0 heterocycles. The summed E-state index contributed by atoms with van der Waals surface area (Å²) in [5.74, 6) is 1.21. The van der Waals surface area contributed by atoms with E-state index in [1.165, 1.54) is 0 Å². The molecule has 2 atom stereocenters. The molecule has 0 aliphatic rings. The van der Waals surface area contributed by atoms with Gasteiger partial charge < -0.3 is 5.32 Å². The molecule has 0 fully saturated rings. The summed E-state index contributed by atoms with van der Waals surface area (Å²) in [5.41, 5.74) is 0.309. The van der Waals surface area contributed by atoms with Gasteiger partial charge in [0.2, 0.25) is 0 Å². The minimum atomic E-state index is -2.81. The fourth-order valence-corrected chi connectivity index (χ4v) is 2.96. The van der Waals surface area contributed by atoms with E-state index in [0.29, 0.717) is 23.1 Å². The Hall–Kier alpha value is -0.0900. The van der Waals surface area contributed by atoms with Gasteiger partial charge >= 0.3 is 0 Å². The van der Waals surface area contributed by atoms with Crippen LogP contribution in [-0.4, -0.2) is 32.5 Å². The quantitative estimate of drug-likeness (QED) is 0.709. The summed E-state index contributed by atoms with van der Waals surface area (Å²) in [6.45, 7) is 13.9. The lowest BCUT2D eigenvalue weighted by atomic mass is 9.78. The Morgan fingerprint density at radius 2 is 1.74 bits per heavy atom. The maximum absolute atomic E-state index is 11.5. The first-order valence-corrected chi connectivity index (χ1v) is 9.38. The molecule has 0 aromatic heterocycles. The van der Waals surface area contributed by atoms with Gasteiger partial charge in [0, 0.05) is 11.8 Å². The highest BCUT2D eigenvalue weighted by Crippen LogP contribution is 2.29. The van der Waals surface area contributed by atoms with Crippen LogP contribution in [0.25, 0.3) is 0 Å². The molecule has 0 spiro atoms. The second-order valence-corrected chi connectivity index (χ2v) is 9.11. The minimum absolute atomic E-state index is 0.261. The van der Waals surface area contributed by atoms with Gasteiger partial charge in [-0.3, -0.25) is 0 Å². The Morgan fingerprint density at radius 3 is 2.16 bits per heavy atom. The van der Waals surface area contributed by atoms with Crippen molar-refractivity contribution in [1.29, 1.82) is 0 Å². The third kappa shape index (κ3) is 8.64. The number of hydrogen-bond donors (Lipinski definition) is 1. The molecule has 0 radical (unpaired) electrons. The smallest absolute Gasteiger partial charge is 0.150 e. The first-order valence-electron chi connectivity index (χ1n) is 7.56. The van der Waals surface area contributed by atoms with Gasteiger partial charge in [-0.2, -0.15) is 0 Å². The Morgan fingerprint density at radius 1 is 1.16 bits per heavy atom. The van der Waals surface area contributed by atoms with Crippen molar-refractivity contribution in [2.45, 2.75) is 66.8 Å². The maximum Gasteiger partial charge on any atom is 0.150 e. The Balaban J connectivity index is 4.27. The average Bonchev–Trinajstić information content (AvgIpc) is 2.27. The van der Waals surface area contributed by atoms with Crippen LogP contribution in [0.2, 0.25) is 0 Å². The van der Waals surface area contributed by atoms with E-state index in [1.807, 2.05) is 0 Å². The Bertz CT molecular complexity index is 331. The summed E-state index contributed by atoms with van der Waals surface area (Å²) in [6, 6.07) is 0.436. The molecule has 0 amide bonds. The maximum atomic E-state index is 11.5. The number of nitrogens with one attached hydrogen (secondary N) is 1. The third-order valence-corrected chi connectivity index (χ3v) is 5.85. The molecule has 0 rings (SSSR count). The fraction of sp³-hybridized carbons (Fsp3) is 1.00. The topological polar surface area (TPSA) is 46.2 Å². The van der Waals surface area contributed by atoms with Crippen molar-refractivity contribution in [2.24, 2.45) is 11.3 Å². The molecule has 2 unspecified atom stereocenters. The third-order valence-electron chi connectivity index (χ3n) is 4.06. The molecule has 0 aromatic carbocycles. The monoisotopic (exact) mass is 291 g/mol. The Labute approximate surface area is 120 Å². The second kappa shape index (κ2) is 8.25. The van der Waals surface area contributed by atoms with Gasteiger partial charge in [0.25, 0.3) is 0 Å². The number of hydrogen-bond acceptors (Lipinski definition) is 3. The molecule has 0 saturated heterocycles. The van der Waals surface area contributed by atoms with E-state index < -0.39 is 9.84 Å². The highest BCUT2D eigenvalue weighted by molar-refractivity contribution is 7.91. The molecule has 1 N–H and O–H groups in total. The van der Waals surface area contributed by atoms with Crippen LogP contribution in [-0.2, 0) is 9.84 Å². The molecular formula is C15H33NO2S. The lowest BCUT2D eigenvalue weighted by molar-refractivity contribution is 0.219. The SMILES string of the molecule is CCNC(CCCS(=O)(=O)CC)CC(C)C(C)(C)C. The molecule has 0 bridgehead atoms. The van der Waals surface area contributed by atoms with Crippen molar-refractivity contribution in [1.82, 2.24) is 5.32 Å². The summed E-state index contributed by atoms with van der Waals surface area (Å²) >= 11 is 0. The van der Waals surface area contributed by atoms with E-state index >= 15 is 0 Å². The van der Waals surface area contributed by atoms with Crippen LogP contribution in [0, 0.1) is 11.3 Å². The highest BCUT2D eigenvalue weighted by Gasteiger charge is 2.23. The molecule has 0 aliphatic carbocycles. The highest BCUT2D eigenvalue weighted by atomic mass is 32.2. The zero-order chi connectivity index (χ0) is 15.1. The summed E-state index contributed by atoms with van der Waals surface area (Å²) in [7, 11) is -2.81. The predicted octanol–water partition coefficient (Wildman–Crippen LogP) is 3.25. The van der Waals surface area contributed by atoms with E-state index in [0.717, 1.165) is 25.8 Å². The van der Waals surface area contributed by atoms with E-state index in [-0.39, 0.29) is 5.75 Å². The van der Waals surface area contributed by atoms with Crippen LogP contribution >= 0.6 is 0 Å².